The second-order valence-electron chi connectivity index (χ2n) is 3.77. The van der Waals surface area contributed by atoms with Gasteiger partial charge in [0.1, 0.15) is 0 Å². The third-order valence-electron chi connectivity index (χ3n) is 2.87. The van der Waals surface area contributed by atoms with Gasteiger partial charge in [-0.1, -0.05) is 0 Å². The van der Waals surface area contributed by atoms with Gasteiger partial charge in [0.25, 0.3) is 0 Å². The number of hydrogen-bond donors (Lipinski definition) is 2. The zero-order valence-corrected chi connectivity index (χ0v) is 6.74. The molecule has 0 spiro atoms. The van der Waals surface area contributed by atoms with Crippen LogP contribution < -0.4 is 5.73 Å². The van der Waals surface area contributed by atoms with Crippen molar-refractivity contribution in [3.63, 3.8) is 0 Å². The normalized spacial score (nSPS) is 45.8. The van der Waals surface area contributed by atoms with Crippen molar-refractivity contribution in [3.05, 3.63) is 0 Å². The molecule has 0 aliphatic carbocycles. The molecule has 11 heavy (non-hydrogen) atoms. The number of aliphatic hydroxyl groups is 1. The molecule has 3 heteroatoms. The maximum Gasteiger partial charge on any atom is 0.0710 e. The molecule has 0 bridgehead atoms. The van der Waals surface area contributed by atoms with Crippen molar-refractivity contribution in [2.24, 2.45) is 5.73 Å². The van der Waals surface area contributed by atoms with E-state index in [1.165, 1.54) is 6.42 Å². The van der Waals surface area contributed by atoms with Gasteiger partial charge in [-0.2, -0.15) is 0 Å². The van der Waals surface area contributed by atoms with Gasteiger partial charge in [-0.15, -0.1) is 0 Å². The topological polar surface area (TPSA) is 49.5 Å². The molecule has 2 saturated heterocycles. The summed E-state index contributed by atoms with van der Waals surface area (Å²) < 4.78 is 0. The van der Waals surface area contributed by atoms with Crippen molar-refractivity contribution in [3.8, 4) is 0 Å². The van der Waals surface area contributed by atoms with Crippen molar-refractivity contribution in [2.45, 2.75) is 37.5 Å². The Morgan fingerprint density at radius 2 is 2.27 bits per heavy atom. The smallest absolute Gasteiger partial charge is 0.0710 e. The first-order chi connectivity index (χ1) is 5.27. The van der Waals surface area contributed by atoms with Crippen molar-refractivity contribution in [2.75, 3.05) is 13.1 Å². The van der Waals surface area contributed by atoms with E-state index in [1.807, 2.05) is 0 Å². The van der Waals surface area contributed by atoms with Crippen molar-refractivity contribution >= 4 is 0 Å². The first-order valence-corrected chi connectivity index (χ1v) is 4.45. The second-order valence-corrected chi connectivity index (χ2v) is 3.77. The minimum Gasteiger partial charge on any atom is -0.391 e. The number of fused-ring (bicyclic) bond motifs is 1. The summed E-state index contributed by atoms with van der Waals surface area (Å²) >= 11 is 0. The largest absolute Gasteiger partial charge is 0.391 e. The molecule has 2 fully saturated rings. The fraction of sp³-hybridized carbons (Fsp3) is 1.00. The zero-order valence-electron chi connectivity index (χ0n) is 6.74. The minimum atomic E-state index is -0.166. The Balaban J connectivity index is 2.04. The lowest BCUT2D eigenvalue weighted by molar-refractivity contribution is 0.0252. The van der Waals surface area contributed by atoms with Crippen LogP contribution in [0.15, 0.2) is 0 Å². The Bertz CT molecular complexity index is 151. The van der Waals surface area contributed by atoms with Crippen LogP contribution in [0.25, 0.3) is 0 Å². The summed E-state index contributed by atoms with van der Waals surface area (Å²) in [4.78, 5) is 2.33. The maximum atomic E-state index is 9.63. The molecule has 64 valence electrons. The van der Waals surface area contributed by atoms with Crippen LogP contribution in [0.2, 0.25) is 0 Å². The van der Waals surface area contributed by atoms with Crippen molar-refractivity contribution in [1.29, 1.82) is 0 Å². The van der Waals surface area contributed by atoms with Gasteiger partial charge in [-0.05, 0) is 25.8 Å². The fourth-order valence-corrected chi connectivity index (χ4v) is 2.36. The van der Waals surface area contributed by atoms with Gasteiger partial charge in [0.05, 0.1) is 6.10 Å². The van der Waals surface area contributed by atoms with Crippen LogP contribution in [-0.4, -0.2) is 41.3 Å². The number of nitrogens with zero attached hydrogens (tertiary/aromatic N) is 1. The van der Waals surface area contributed by atoms with Gasteiger partial charge < -0.3 is 10.8 Å². The highest BCUT2D eigenvalue weighted by atomic mass is 16.3. The molecule has 0 radical (unpaired) electrons. The number of rotatable bonds is 0. The minimum absolute atomic E-state index is 0.166. The third-order valence-corrected chi connectivity index (χ3v) is 2.87. The predicted octanol–water partition coefficient (Wildman–Crippen LogP) is -0.457. The van der Waals surface area contributed by atoms with E-state index in [0.29, 0.717) is 6.04 Å². The van der Waals surface area contributed by atoms with Crippen molar-refractivity contribution < 1.29 is 5.11 Å². The molecule has 0 aromatic carbocycles. The molecule has 0 aromatic rings. The summed E-state index contributed by atoms with van der Waals surface area (Å²) in [6.45, 7) is 2.12. The molecule has 3 N–H and O–H groups in total. The summed E-state index contributed by atoms with van der Waals surface area (Å²) in [5, 5.41) is 9.63. The molecule has 0 amide bonds. The van der Waals surface area contributed by atoms with E-state index in [0.717, 1.165) is 25.9 Å². The average molecular weight is 156 g/mol. The van der Waals surface area contributed by atoms with Crippen LogP contribution in [0.4, 0.5) is 0 Å². The van der Waals surface area contributed by atoms with Gasteiger partial charge >= 0.3 is 0 Å². The molecule has 2 aliphatic rings. The summed E-state index contributed by atoms with van der Waals surface area (Å²) in [6, 6.07) is 0.620. The van der Waals surface area contributed by atoms with E-state index in [9.17, 15) is 5.11 Å². The van der Waals surface area contributed by atoms with E-state index in [-0.39, 0.29) is 12.1 Å². The van der Waals surface area contributed by atoms with Crippen LogP contribution >= 0.6 is 0 Å². The van der Waals surface area contributed by atoms with Crippen LogP contribution in [0.3, 0.4) is 0 Å². The van der Waals surface area contributed by atoms with Gasteiger partial charge in [-0.25, -0.2) is 0 Å². The number of nitrogens with two attached hydrogens (primary N) is 1. The van der Waals surface area contributed by atoms with E-state index < -0.39 is 0 Å². The molecular weight excluding hydrogens is 140 g/mol. The van der Waals surface area contributed by atoms with Gasteiger partial charge in [0, 0.05) is 18.6 Å². The van der Waals surface area contributed by atoms with Crippen LogP contribution in [0, 0.1) is 0 Å². The molecule has 3 unspecified atom stereocenters. The zero-order chi connectivity index (χ0) is 7.84. The Morgan fingerprint density at radius 3 is 3.09 bits per heavy atom. The first kappa shape index (κ1) is 7.53. The summed E-state index contributed by atoms with van der Waals surface area (Å²) in [5.41, 5.74) is 5.78. The van der Waals surface area contributed by atoms with Gasteiger partial charge in [0.15, 0.2) is 0 Å². The lowest BCUT2D eigenvalue weighted by Gasteiger charge is -2.36. The van der Waals surface area contributed by atoms with Crippen LogP contribution in [0.5, 0.6) is 0 Å². The summed E-state index contributed by atoms with van der Waals surface area (Å²) in [5.74, 6) is 0. The summed E-state index contributed by atoms with van der Waals surface area (Å²) in [7, 11) is 0. The lowest BCUT2D eigenvalue weighted by Crippen LogP contribution is -2.52. The van der Waals surface area contributed by atoms with E-state index in [4.69, 9.17) is 5.73 Å². The fourth-order valence-electron chi connectivity index (χ4n) is 2.36. The lowest BCUT2D eigenvalue weighted by atomic mass is 9.96. The highest BCUT2D eigenvalue weighted by molar-refractivity contribution is 4.93. The van der Waals surface area contributed by atoms with Gasteiger partial charge in [0.2, 0.25) is 0 Å². The Hall–Kier alpha value is -0.120. The molecular formula is C8H16N2O. The molecule has 0 aromatic heterocycles. The highest BCUT2D eigenvalue weighted by Crippen LogP contribution is 2.26. The quantitative estimate of drug-likeness (QED) is 0.499. The van der Waals surface area contributed by atoms with Gasteiger partial charge in [-0.3, -0.25) is 4.90 Å². The molecule has 3 nitrogen and oxygen atoms in total. The Morgan fingerprint density at radius 1 is 1.45 bits per heavy atom. The van der Waals surface area contributed by atoms with E-state index in [1.54, 1.807) is 0 Å². The van der Waals surface area contributed by atoms with Crippen LogP contribution in [-0.2, 0) is 0 Å². The first-order valence-electron chi connectivity index (χ1n) is 4.45. The Labute approximate surface area is 67.2 Å². The number of aliphatic hydroxyl groups excluding tert-OH is 1. The monoisotopic (exact) mass is 156 g/mol. The molecule has 0 saturated carbocycles. The highest BCUT2D eigenvalue weighted by Gasteiger charge is 2.36. The van der Waals surface area contributed by atoms with Crippen LogP contribution in [0.1, 0.15) is 19.3 Å². The second kappa shape index (κ2) is 2.73. The SMILES string of the molecule is NC1CC(O)C2CCCN2C1. The molecule has 2 heterocycles. The average Bonchev–Trinajstić information content (AvgIpc) is 2.34. The molecule has 2 rings (SSSR count). The maximum absolute atomic E-state index is 9.63. The number of piperidine rings is 1. The summed E-state index contributed by atoms with van der Waals surface area (Å²) in [6.07, 6.45) is 3.02. The van der Waals surface area contributed by atoms with Crippen molar-refractivity contribution in [1.82, 2.24) is 4.90 Å². The molecule has 3 atom stereocenters. The molecule has 2 aliphatic heterocycles. The van der Waals surface area contributed by atoms with E-state index >= 15 is 0 Å². The standard InChI is InChI=1S/C8H16N2O/c9-6-4-8(11)7-2-1-3-10(7)5-6/h6-8,11H,1-5,9H2. The van der Waals surface area contributed by atoms with E-state index in [2.05, 4.69) is 4.90 Å². The number of hydrogen-bond acceptors (Lipinski definition) is 3. The third kappa shape index (κ3) is 1.28. The Kier molecular flexibility index (Phi) is 1.87. The predicted molar refractivity (Wildman–Crippen MR) is 43.2 cm³/mol.